The maximum absolute atomic E-state index is 12.7. The maximum atomic E-state index is 12.7. The molecule has 0 atom stereocenters. The Morgan fingerprint density at radius 1 is 1.13 bits per heavy atom. The third kappa shape index (κ3) is 5.50. The molecule has 3 nitrogen and oxygen atoms in total. The Kier molecular flexibility index (Phi) is 8.06. The zero-order valence-electron chi connectivity index (χ0n) is 15.1. The average molecular weight is 353 g/mol. The van der Waals surface area contributed by atoms with E-state index in [2.05, 4.69) is 20.8 Å². The highest BCUT2D eigenvalue weighted by molar-refractivity contribution is 7.89. The lowest BCUT2D eigenvalue weighted by atomic mass is 10.2. The molecule has 0 aliphatic carbocycles. The van der Waals surface area contributed by atoms with E-state index in [0.717, 1.165) is 36.9 Å². The van der Waals surface area contributed by atoms with Crippen LogP contribution in [0.4, 0.5) is 0 Å². The van der Waals surface area contributed by atoms with E-state index in [-0.39, 0.29) is 0 Å². The summed E-state index contributed by atoms with van der Waals surface area (Å²) in [6, 6.07) is 9.36. The summed E-state index contributed by atoms with van der Waals surface area (Å²) in [7, 11) is -2.42. The Bertz CT molecular complexity index is 604. The van der Waals surface area contributed by atoms with Crippen LogP contribution in [0.2, 0.25) is 12.1 Å². The van der Waals surface area contributed by atoms with Crippen LogP contribution in [0.1, 0.15) is 45.6 Å². The van der Waals surface area contributed by atoms with Gasteiger partial charge in [0.2, 0.25) is 0 Å². The average Bonchev–Trinajstić information content (AvgIpc) is 2.53. The third-order valence-electron chi connectivity index (χ3n) is 4.14. The molecule has 0 aromatic heterocycles. The van der Waals surface area contributed by atoms with E-state index in [9.17, 15) is 8.42 Å². The smallest absolute Gasteiger partial charge is 0.263 e. The van der Waals surface area contributed by atoms with Crippen LogP contribution >= 0.6 is 0 Å². The lowest BCUT2D eigenvalue weighted by molar-refractivity contribution is 0.537. The molecule has 23 heavy (non-hydrogen) atoms. The summed E-state index contributed by atoms with van der Waals surface area (Å²) in [5.41, 5.74) is 1.06. The second-order valence-electron chi connectivity index (χ2n) is 5.90. The number of hydrogen-bond donors (Lipinski definition) is 0. The Morgan fingerprint density at radius 2 is 1.70 bits per heavy atom. The zero-order chi connectivity index (χ0) is 17.5. The lowest BCUT2D eigenvalue weighted by Crippen LogP contribution is -2.25. The molecule has 0 fully saturated rings. The monoisotopic (exact) mass is 352 g/mol. The predicted octanol–water partition coefficient (Wildman–Crippen LogP) is 4.76. The Balaban J connectivity index is 3.10. The number of benzene rings is 1. The van der Waals surface area contributed by atoms with Gasteiger partial charge in [-0.15, -0.1) is 0 Å². The molecule has 0 N–H and O–H groups in total. The number of allylic oxidation sites excluding steroid dienone is 1. The summed E-state index contributed by atoms with van der Waals surface area (Å²) < 4.78 is 26.9. The minimum absolute atomic E-state index is 0.360. The van der Waals surface area contributed by atoms with E-state index >= 15 is 0 Å². The van der Waals surface area contributed by atoms with Crippen LogP contribution in [0.15, 0.2) is 40.6 Å². The van der Waals surface area contributed by atoms with Crippen molar-refractivity contribution in [1.82, 2.24) is 4.31 Å². The van der Waals surface area contributed by atoms with E-state index in [4.69, 9.17) is 0 Å². The molecule has 0 saturated heterocycles. The molecule has 0 aliphatic rings. The quantitative estimate of drug-likeness (QED) is 0.601. The molecule has 1 radical (unpaired) electrons. The first-order valence-corrected chi connectivity index (χ1v) is 11.8. The molecule has 0 aliphatic heterocycles. The fourth-order valence-electron chi connectivity index (χ4n) is 2.57. The number of rotatable bonds is 9. The van der Waals surface area contributed by atoms with E-state index in [1.54, 1.807) is 19.2 Å². The van der Waals surface area contributed by atoms with E-state index in [1.165, 1.54) is 9.50 Å². The van der Waals surface area contributed by atoms with Crippen molar-refractivity contribution in [3.8, 4) is 0 Å². The van der Waals surface area contributed by atoms with Crippen molar-refractivity contribution in [2.45, 2.75) is 63.9 Å². The Morgan fingerprint density at radius 3 is 2.17 bits per heavy atom. The van der Waals surface area contributed by atoms with Crippen LogP contribution < -0.4 is 0 Å². The summed E-state index contributed by atoms with van der Waals surface area (Å²) in [6.45, 7) is 8.56. The summed E-state index contributed by atoms with van der Waals surface area (Å²) in [5.74, 6) is 0. The lowest BCUT2D eigenvalue weighted by Gasteiger charge is -2.21. The Labute approximate surface area is 144 Å². The van der Waals surface area contributed by atoms with Crippen molar-refractivity contribution in [2.24, 2.45) is 0 Å². The van der Waals surface area contributed by atoms with E-state index in [0.29, 0.717) is 4.90 Å². The van der Waals surface area contributed by atoms with Gasteiger partial charge in [0.05, 0.1) is 13.7 Å². The molecule has 1 aromatic carbocycles. The molecule has 129 valence electrons. The fraction of sp³-hybridized carbons (Fsp3) is 0.556. The normalized spacial score (nSPS) is 12.7. The molecular weight excluding hydrogens is 322 g/mol. The molecular formula is C18H30NO2SSi. The van der Waals surface area contributed by atoms with Crippen molar-refractivity contribution in [2.75, 3.05) is 7.05 Å². The van der Waals surface area contributed by atoms with Gasteiger partial charge in [0.15, 0.2) is 0 Å². The molecule has 0 unspecified atom stereocenters. The molecule has 0 amide bonds. The second-order valence-corrected chi connectivity index (χ2v) is 11.2. The summed E-state index contributed by atoms with van der Waals surface area (Å²) >= 11 is 0. The zero-order valence-corrected chi connectivity index (χ0v) is 16.9. The van der Waals surface area contributed by atoms with Gasteiger partial charge in [0.1, 0.15) is 0 Å². The number of aryl methyl sites for hydroxylation is 1. The van der Waals surface area contributed by atoms with Crippen molar-refractivity contribution < 1.29 is 8.42 Å². The minimum atomic E-state index is -3.45. The van der Waals surface area contributed by atoms with Gasteiger partial charge in [-0.25, -0.2) is 8.42 Å². The van der Waals surface area contributed by atoms with Crippen molar-refractivity contribution >= 4 is 18.8 Å². The largest absolute Gasteiger partial charge is 0.277 e. The van der Waals surface area contributed by atoms with Crippen molar-refractivity contribution in [1.29, 1.82) is 0 Å². The van der Waals surface area contributed by atoms with Crippen LogP contribution in [0.25, 0.3) is 0 Å². The highest BCUT2D eigenvalue weighted by atomic mass is 32.2. The van der Waals surface area contributed by atoms with Crippen LogP contribution in [0.3, 0.4) is 0 Å². The number of nitrogens with zero attached hydrogens (tertiary/aromatic N) is 1. The molecule has 0 heterocycles. The van der Waals surface area contributed by atoms with Crippen molar-refractivity contribution in [3.05, 3.63) is 41.2 Å². The van der Waals surface area contributed by atoms with Gasteiger partial charge >= 0.3 is 0 Å². The third-order valence-corrected chi connectivity index (χ3v) is 8.87. The van der Waals surface area contributed by atoms with Gasteiger partial charge in [0.25, 0.3) is 10.0 Å². The number of hydrogen-bond acceptors (Lipinski definition) is 2. The van der Waals surface area contributed by atoms with E-state index < -0.39 is 18.8 Å². The van der Waals surface area contributed by atoms with Gasteiger partial charge in [-0.2, -0.15) is 0 Å². The molecule has 0 saturated carbocycles. The summed E-state index contributed by atoms with van der Waals surface area (Å²) in [4.78, 5) is 0.360. The standard InChI is InChI=1S/C18H30NO2SSi/c1-6-9-10-18(23(7-2)8-3)15-19(5)22(20,21)17-13-11-16(4)12-14-17/h11-15H,6-10H2,1-5H3/b18-15-. The second kappa shape index (κ2) is 9.28. The maximum Gasteiger partial charge on any atom is 0.263 e. The highest BCUT2D eigenvalue weighted by Gasteiger charge is 2.20. The van der Waals surface area contributed by atoms with Crippen LogP contribution in [0, 0.1) is 6.92 Å². The number of sulfonamides is 1. The molecule has 0 bridgehead atoms. The van der Waals surface area contributed by atoms with Gasteiger partial charge in [-0.3, -0.25) is 4.31 Å². The van der Waals surface area contributed by atoms with Gasteiger partial charge in [-0.1, -0.05) is 68.6 Å². The Hall–Kier alpha value is -1.07. The highest BCUT2D eigenvalue weighted by Crippen LogP contribution is 2.21. The molecule has 0 spiro atoms. The predicted molar refractivity (Wildman–Crippen MR) is 100 cm³/mol. The topological polar surface area (TPSA) is 37.4 Å². The first-order valence-electron chi connectivity index (χ1n) is 8.47. The van der Waals surface area contributed by atoms with Crippen LogP contribution in [0.5, 0.6) is 0 Å². The summed E-state index contributed by atoms with van der Waals surface area (Å²) in [6.07, 6.45) is 5.17. The minimum Gasteiger partial charge on any atom is -0.277 e. The van der Waals surface area contributed by atoms with Crippen molar-refractivity contribution in [3.63, 3.8) is 0 Å². The van der Waals surface area contributed by atoms with Crippen LogP contribution in [-0.4, -0.2) is 28.6 Å². The SMILES string of the molecule is CCCC/C(=C/N(C)S(=O)(=O)c1ccc(C)cc1)[Si](CC)CC. The van der Waals surface area contributed by atoms with Crippen LogP contribution in [-0.2, 0) is 10.0 Å². The van der Waals surface area contributed by atoms with Gasteiger partial charge < -0.3 is 0 Å². The molecule has 1 rings (SSSR count). The number of unbranched alkanes of at least 4 members (excludes halogenated alkanes) is 1. The summed E-state index contributed by atoms with van der Waals surface area (Å²) in [5, 5.41) is 1.35. The molecule has 5 heteroatoms. The van der Waals surface area contributed by atoms with Gasteiger partial charge in [-0.05, 0) is 25.5 Å². The first-order chi connectivity index (χ1) is 10.9. The van der Waals surface area contributed by atoms with Gasteiger partial charge in [0, 0.05) is 13.2 Å². The fourth-order valence-corrected chi connectivity index (χ4v) is 6.06. The first kappa shape index (κ1) is 20.0. The van der Waals surface area contributed by atoms with E-state index in [1.807, 2.05) is 25.3 Å². The molecule has 1 aromatic rings.